The number of hydrogen-bond acceptors (Lipinski definition) is 1. The summed E-state index contributed by atoms with van der Waals surface area (Å²) in [6, 6.07) is 3.41. The predicted octanol–water partition coefficient (Wildman–Crippen LogP) is -0.146. The van der Waals surface area contributed by atoms with Crippen LogP contribution in [0.5, 0.6) is 0 Å². The first-order valence-electron chi connectivity index (χ1n) is 4.57. The summed E-state index contributed by atoms with van der Waals surface area (Å²) in [5, 5.41) is 0. The van der Waals surface area contributed by atoms with Crippen molar-refractivity contribution < 1.29 is 16.8 Å². The molecule has 0 amide bonds. The molecule has 0 aromatic heterocycles. The second-order valence-electron chi connectivity index (χ2n) is 3.31. The molecule has 1 nitrogen and oxygen atoms in total. The van der Waals surface area contributed by atoms with Crippen molar-refractivity contribution in [2.24, 2.45) is 0 Å². The maximum atomic E-state index is 5.96. The van der Waals surface area contributed by atoms with Gasteiger partial charge in [0.05, 0.1) is 0 Å². The van der Waals surface area contributed by atoms with Gasteiger partial charge < -0.3 is 23.8 Å². The summed E-state index contributed by atoms with van der Waals surface area (Å²) in [6.07, 6.45) is 0.378. The zero-order valence-electron chi connectivity index (χ0n) is 9.40. The Balaban J connectivity index is -0.000000500. The third-order valence-corrected chi connectivity index (χ3v) is 6.69. The van der Waals surface area contributed by atoms with E-state index in [4.69, 9.17) is 4.43 Å². The van der Waals surface area contributed by atoms with Crippen molar-refractivity contribution >= 4 is 31.4 Å². The van der Waals surface area contributed by atoms with Crippen molar-refractivity contribution in [3.63, 3.8) is 0 Å². The van der Waals surface area contributed by atoms with E-state index in [2.05, 4.69) is 34.6 Å². The van der Waals surface area contributed by atoms with E-state index in [-0.39, 0.29) is 35.5 Å². The van der Waals surface area contributed by atoms with Crippen LogP contribution in [0.15, 0.2) is 0 Å². The number of halogens is 1. The molecule has 0 heterocycles. The van der Waals surface area contributed by atoms with Crippen molar-refractivity contribution in [3.05, 3.63) is 6.92 Å². The molecule has 13 heavy (non-hydrogen) atoms. The van der Waals surface area contributed by atoms with E-state index in [0.717, 1.165) is 6.04 Å². The molecule has 0 saturated heterocycles. The molecule has 0 spiro atoms. The molecule has 0 aliphatic carbocycles. The van der Waals surface area contributed by atoms with Crippen molar-refractivity contribution in [1.82, 2.24) is 0 Å². The SMILES string of the molecule is [CH2-]C[Si](CC)(CC)OC(C)C.[Cl-].[Mg+2]. The van der Waals surface area contributed by atoms with Crippen LogP contribution < -0.4 is 12.4 Å². The van der Waals surface area contributed by atoms with Crippen LogP contribution in [0, 0.1) is 6.92 Å². The predicted molar refractivity (Wildman–Crippen MR) is 58.9 cm³/mol. The Bertz CT molecular complexity index is 99.5. The van der Waals surface area contributed by atoms with Gasteiger partial charge in [-0.1, -0.05) is 13.8 Å². The third-order valence-electron chi connectivity index (χ3n) is 2.23. The molecule has 0 unspecified atom stereocenters. The first kappa shape index (κ1) is 19.8. The van der Waals surface area contributed by atoms with Crippen LogP contribution in [0.3, 0.4) is 0 Å². The fourth-order valence-electron chi connectivity index (χ4n) is 1.33. The van der Waals surface area contributed by atoms with Gasteiger partial charge in [0, 0.05) is 6.10 Å². The van der Waals surface area contributed by atoms with Gasteiger partial charge >= 0.3 is 23.1 Å². The van der Waals surface area contributed by atoms with E-state index < -0.39 is 8.32 Å². The molecular formula is C9H21ClMgOSi. The van der Waals surface area contributed by atoms with Crippen molar-refractivity contribution in [3.8, 4) is 0 Å². The summed E-state index contributed by atoms with van der Waals surface area (Å²) < 4.78 is 5.96. The molecule has 0 radical (unpaired) electrons. The summed E-state index contributed by atoms with van der Waals surface area (Å²) >= 11 is 0. The van der Waals surface area contributed by atoms with Gasteiger partial charge in [-0.25, -0.2) is 0 Å². The van der Waals surface area contributed by atoms with Crippen LogP contribution in [0.1, 0.15) is 27.7 Å². The minimum absolute atomic E-state index is 0. The van der Waals surface area contributed by atoms with E-state index in [0.29, 0.717) is 6.10 Å². The first-order chi connectivity index (χ1) is 5.10. The third kappa shape index (κ3) is 7.20. The zero-order chi connectivity index (χ0) is 8.91. The van der Waals surface area contributed by atoms with Crippen molar-refractivity contribution in [2.75, 3.05) is 0 Å². The minimum Gasteiger partial charge on any atom is -1.00 e. The molecular weight excluding hydrogens is 212 g/mol. The fourth-order valence-corrected chi connectivity index (χ4v) is 3.99. The molecule has 0 aromatic carbocycles. The molecule has 0 aliphatic rings. The average Bonchev–Trinajstić information content (AvgIpc) is 2.00. The van der Waals surface area contributed by atoms with Gasteiger partial charge in [-0.15, -0.1) is 0 Å². The minimum atomic E-state index is -1.39. The van der Waals surface area contributed by atoms with Gasteiger partial charge in [0.2, 0.25) is 0 Å². The summed E-state index contributed by atoms with van der Waals surface area (Å²) in [7, 11) is -1.39. The molecule has 0 atom stereocenters. The molecule has 0 N–H and O–H groups in total. The summed E-state index contributed by atoms with van der Waals surface area (Å²) in [5.74, 6) is 0. The number of hydrogen-bond donors (Lipinski definition) is 0. The monoisotopic (exact) mass is 232 g/mol. The molecule has 4 heteroatoms. The second kappa shape index (κ2) is 9.78. The Morgan fingerprint density at radius 1 is 1.23 bits per heavy atom. The Morgan fingerprint density at radius 3 is 1.69 bits per heavy atom. The Labute approximate surface area is 107 Å². The van der Waals surface area contributed by atoms with Gasteiger partial charge in [-0.05, 0) is 25.9 Å². The number of rotatable bonds is 5. The average molecular weight is 233 g/mol. The molecule has 76 valence electrons. The van der Waals surface area contributed by atoms with E-state index in [1.165, 1.54) is 12.1 Å². The maximum absolute atomic E-state index is 5.96. The maximum Gasteiger partial charge on any atom is 2.00 e. The normalized spacial score (nSPS) is 10.6. The summed E-state index contributed by atoms with van der Waals surface area (Å²) in [6.45, 7) is 12.7. The van der Waals surface area contributed by atoms with Crippen molar-refractivity contribution in [2.45, 2.75) is 51.9 Å². The topological polar surface area (TPSA) is 9.23 Å². The molecule has 0 rings (SSSR count). The Kier molecular flexibility index (Phi) is 14.9. The van der Waals surface area contributed by atoms with Gasteiger partial charge in [0.25, 0.3) is 0 Å². The summed E-state index contributed by atoms with van der Waals surface area (Å²) in [5.41, 5.74) is 0. The van der Waals surface area contributed by atoms with Crippen LogP contribution in [0.2, 0.25) is 18.1 Å². The van der Waals surface area contributed by atoms with E-state index in [9.17, 15) is 0 Å². The molecule has 0 saturated carbocycles. The molecule has 0 aromatic rings. The second-order valence-corrected chi connectivity index (χ2v) is 7.82. The molecule has 0 bridgehead atoms. The van der Waals surface area contributed by atoms with Crippen LogP contribution in [-0.4, -0.2) is 37.5 Å². The Morgan fingerprint density at radius 2 is 1.62 bits per heavy atom. The summed E-state index contributed by atoms with van der Waals surface area (Å²) in [4.78, 5) is 0. The van der Waals surface area contributed by atoms with Gasteiger partial charge in [0.15, 0.2) is 8.32 Å². The largest absolute Gasteiger partial charge is 2.00 e. The van der Waals surface area contributed by atoms with Crippen LogP contribution in [-0.2, 0) is 4.43 Å². The molecule has 0 aliphatic heterocycles. The fraction of sp³-hybridized carbons (Fsp3) is 0.889. The van der Waals surface area contributed by atoms with Gasteiger partial charge in [0.1, 0.15) is 0 Å². The first-order valence-corrected chi connectivity index (χ1v) is 7.10. The Hall–Kier alpha value is 1.23. The van der Waals surface area contributed by atoms with Crippen LogP contribution >= 0.6 is 0 Å². The van der Waals surface area contributed by atoms with Crippen LogP contribution in [0.4, 0.5) is 0 Å². The standard InChI is InChI=1S/C9H21OSi.ClH.Mg/c1-6-11(7-2,8-3)10-9(4)5;;/h9H,1,6-8H2,2-5H3;1H;/q-1;;+2/p-1. The van der Waals surface area contributed by atoms with Gasteiger partial charge in [-0.2, -0.15) is 6.04 Å². The van der Waals surface area contributed by atoms with E-state index in [1.54, 1.807) is 0 Å². The van der Waals surface area contributed by atoms with Crippen molar-refractivity contribution in [1.29, 1.82) is 0 Å². The van der Waals surface area contributed by atoms with Gasteiger partial charge in [-0.3, -0.25) is 0 Å². The van der Waals surface area contributed by atoms with E-state index >= 15 is 0 Å². The molecule has 0 fully saturated rings. The smallest absolute Gasteiger partial charge is 1.00 e. The zero-order valence-corrected chi connectivity index (χ0v) is 12.6. The van der Waals surface area contributed by atoms with Crippen LogP contribution in [0.25, 0.3) is 0 Å². The van der Waals surface area contributed by atoms with E-state index in [1.807, 2.05) is 0 Å². The quantitative estimate of drug-likeness (QED) is 0.474.